The highest BCUT2D eigenvalue weighted by molar-refractivity contribution is 9.10. The Bertz CT molecular complexity index is 1490. The largest absolute Gasteiger partial charge is 0.507 e. The van der Waals surface area contributed by atoms with E-state index in [9.17, 15) is 14.7 Å². The Balaban J connectivity index is 1.68. The van der Waals surface area contributed by atoms with Gasteiger partial charge in [-0.2, -0.15) is 0 Å². The number of carbonyl (C=O) groups is 2. The number of nitrogens with zero attached hydrogens (tertiary/aromatic N) is 2. The third-order valence-electron chi connectivity index (χ3n) is 6.18. The quantitative estimate of drug-likeness (QED) is 0.182. The van der Waals surface area contributed by atoms with Gasteiger partial charge in [0.1, 0.15) is 29.2 Å². The molecule has 1 unspecified atom stereocenters. The first-order chi connectivity index (χ1) is 17.9. The van der Waals surface area contributed by atoms with Crippen molar-refractivity contribution >= 4 is 39.1 Å². The van der Waals surface area contributed by atoms with E-state index in [4.69, 9.17) is 14.0 Å². The first-order valence-electron chi connectivity index (χ1n) is 11.2. The lowest BCUT2D eigenvalue weighted by Gasteiger charge is -2.27. The lowest BCUT2D eigenvalue weighted by atomic mass is 9.94. The Morgan fingerprint density at radius 1 is 0.973 bits per heavy atom. The summed E-state index contributed by atoms with van der Waals surface area (Å²) < 4.78 is 16.5. The van der Waals surface area contributed by atoms with Gasteiger partial charge in [-0.25, -0.2) is 0 Å². The van der Waals surface area contributed by atoms with Crippen LogP contribution in [0.4, 0.5) is 5.69 Å². The molecule has 1 amide bonds. The Labute approximate surface area is 220 Å². The molecule has 4 aromatic rings. The molecule has 1 N–H and O–H groups in total. The van der Waals surface area contributed by atoms with E-state index in [0.29, 0.717) is 34.0 Å². The van der Waals surface area contributed by atoms with Crippen LogP contribution in [0.5, 0.6) is 11.5 Å². The third kappa shape index (κ3) is 4.38. The molecule has 1 aromatic heterocycles. The number of halogens is 1. The van der Waals surface area contributed by atoms with Crippen LogP contribution in [-0.4, -0.2) is 36.2 Å². The molecule has 0 spiro atoms. The fraction of sp³-hybridized carbons (Fsp3) is 0.107. The summed E-state index contributed by atoms with van der Waals surface area (Å²) in [6.45, 7) is 0. The maximum atomic E-state index is 13.4. The number of ether oxygens (including phenoxy) is 2. The number of methoxy groups -OCH3 is 2. The van der Waals surface area contributed by atoms with Crippen LogP contribution in [-0.2, 0) is 9.59 Å². The summed E-state index contributed by atoms with van der Waals surface area (Å²) in [5.41, 5.74) is 2.76. The summed E-state index contributed by atoms with van der Waals surface area (Å²) in [5.74, 6) is -0.817. The summed E-state index contributed by atoms with van der Waals surface area (Å²) in [5, 5.41) is 15.3. The summed E-state index contributed by atoms with van der Waals surface area (Å²) in [4.78, 5) is 28.2. The minimum Gasteiger partial charge on any atom is -0.507 e. The number of ketones is 1. The predicted octanol–water partition coefficient (Wildman–Crippen LogP) is 5.75. The number of aliphatic hydroxyl groups excluding tert-OH is 1. The first kappa shape index (κ1) is 24.3. The topological polar surface area (TPSA) is 102 Å². The maximum absolute atomic E-state index is 13.4. The molecule has 9 heteroatoms. The van der Waals surface area contributed by atoms with Gasteiger partial charge in [-0.3, -0.25) is 14.5 Å². The van der Waals surface area contributed by atoms with Crippen molar-refractivity contribution < 1.29 is 28.7 Å². The van der Waals surface area contributed by atoms with Gasteiger partial charge in [0.2, 0.25) is 0 Å². The molecule has 37 heavy (non-hydrogen) atoms. The minimum atomic E-state index is -0.942. The fourth-order valence-corrected chi connectivity index (χ4v) is 4.70. The molecule has 8 nitrogen and oxygen atoms in total. The van der Waals surface area contributed by atoms with E-state index in [1.807, 2.05) is 0 Å². The summed E-state index contributed by atoms with van der Waals surface area (Å²) >= 11 is 3.44. The first-order valence-corrected chi connectivity index (χ1v) is 12.0. The van der Waals surface area contributed by atoms with Crippen molar-refractivity contribution in [1.82, 2.24) is 5.16 Å². The molecule has 1 aliphatic rings. The van der Waals surface area contributed by atoms with Crippen molar-refractivity contribution in [2.24, 2.45) is 0 Å². The Morgan fingerprint density at radius 3 is 2.32 bits per heavy atom. The molecule has 0 radical (unpaired) electrons. The smallest absolute Gasteiger partial charge is 0.300 e. The van der Waals surface area contributed by atoms with E-state index >= 15 is 0 Å². The number of aromatic nitrogens is 1. The lowest BCUT2D eigenvalue weighted by molar-refractivity contribution is -0.132. The van der Waals surface area contributed by atoms with Crippen LogP contribution in [0.2, 0.25) is 0 Å². The molecule has 0 aliphatic carbocycles. The summed E-state index contributed by atoms with van der Waals surface area (Å²) in [6.07, 6.45) is 1.47. The fourth-order valence-electron chi connectivity index (χ4n) is 4.36. The van der Waals surface area contributed by atoms with Crippen LogP contribution >= 0.6 is 15.9 Å². The second kappa shape index (κ2) is 9.94. The Kier molecular flexibility index (Phi) is 6.54. The van der Waals surface area contributed by atoms with Crippen molar-refractivity contribution in [1.29, 1.82) is 0 Å². The third-order valence-corrected chi connectivity index (χ3v) is 6.67. The molecule has 1 atom stereocenters. The van der Waals surface area contributed by atoms with Gasteiger partial charge < -0.3 is 19.1 Å². The number of carbonyl (C=O) groups excluding carboxylic acids is 2. The molecule has 1 aliphatic heterocycles. The number of hydrogen-bond donors (Lipinski definition) is 1. The van der Waals surface area contributed by atoms with Crippen LogP contribution in [0.3, 0.4) is 0 Å². The van der Waals surface area contributed by atoms with Crippen molar-refractivity contribution in [2.75, 3.05) is 19.1 Å². The van der Waals surface area contributed by atoms with Gasteiger partial charge in [-0.1, -0.05) is 39.3 Å². The second-order valence-corrected chi connectivity index (χ2v) is 9.13. The molecular formula is C28H21BrN2O6. The predicted molar refractivity (Wildman–Crippen MR) is 140 cm³/mol. The monoisotopic (exact) mass is 560 g/mol. The molecule has 0 saturated carbocycles. The molecule has 186 valence electrons. The molecule has 1 fully saturated rings. The number of aliphatic hydroxyl groups is 1. The Morgan fingerprint density at radius 2 is 1.70 bits per heavy atom. The van der Waals surface area contributed by atoms with Crippen molar-refractivity contribution in [2.45, 2.75) is 6.04 Å². The van der Waals surface area contributed by atoms with E-state index in [1.165, 1.54) is 25.4 Å². The van der Waals surface area contributed by atoms with E-state index < -0.39 is 17.7 Å². The standard InChI is InChI=1S/C28H21BrN2O6/c1-35-20-10-5-17(6-11-20)26(32)24-25(21-12-7-18(29)15-23(21)36-2)31(28(34)27(24)33)19-8-3-16(4-9-19)22-13-14-37-30-22/h3-15,25,32H,1-2H3. The minimum absolute atomic E-state index is 0.0450. The van der Waals surface area contributed by atoms with Crippen molar-refractivity contribution in [3.8, 4) is 22.8 Å². The van der Waals surface area contributed by atoms with Crippen LogP contribution in [0.1, 0.15) is 17.2 Å². The zero-order chi connectivity index (χ0) is 26.1. The van der Waals surface area contributed by atoms with Gasteiger partial charge in [-0.15, -0.1) is 0 Å². The van der Waals surface area contributed by atoms with Gasteiger partial charge in [0.15, 0.2) is 0 Å². The highest BCUT2D eigenvalue weighted by atomic mass is 79.9. The average molecular weight is 561 g/mol. The number of Topliss-reactive ketones (excluding diaryl/α,β-unsaturated/α-hetero) is 1. The second-order valence-electron chi connectivity index (χ2n) is 8.22. The molecule has 1 saturated heterocycles. The Hall–Kier alpha value is -4.37. The van der Waals surface area contributed by atoms with Crippen molar-refractivity contribution in [3.05, 3.63) is 100 Å². The zero-order valence-electron chi connectivity index (χ0n) is 19.8. The number of benzene rings is 3. The van der Waals surface area contributed by atoms with E-state index in [-0.39, 0.29) is 11.3 Å². The van der Waals surface area contributed by atoms with E-state index in [1.54, 1.807) is 72.8 Å². The number of rotatable bonds is 6. The molecule has 0 bridgehead atoms. The zero-order valence-corrected chi connectivity index (χ0v) is 21.4. The highest BCUT2D eigenvalue weighted by Gasteiger charge is 2.48. The molecule has 3 aromatic carbocycles. The number of anilines is 1. The van der Waals surface area contributed by atoms with Crippen molar-refractivity contribution in [3.63, 3.8) is 0 Å². The summed E-state index contributed by atoms with van der Waals surface area (Å²) in [7, 11) is 3.04. The highest BCUT2D eigenvalue weighted by Crippen LogP contribution is 2.45. The molecule has 2 heterocycles. The maximum Gasteiger partial charge on any atom is 0.300 e. The summed E-state index contributed by atoms with van der Waals surface area (Å²) in [6, 6.07) is 19.7. The van der Waals surface area contributed by atoms with E-state index in [0.717, 1.165) is 10.0 Å². The molecule has 5 rings (SSSR count). The van der Waals surface area contributed by atoms with Gasteiger partial charge in [0.05, 0.1) is 25.8 Å². The SMILES string of the molecule is COc1ccc(C(O)=C2C(=O)C(=O)N(c3ccc(-c4ccon4)cc3)C2c2ccc(Br)cc2OC)cc1. The average Bonchev–Trinajstić information content (AvgIpc) is 3.55. The van der Waals surface area contributed by atoms with Gasteiger partial charge in [0.25, 0.3) is 11.7 Å². The van der Waals surface area contributed by atoms with Crippen LogP contribution < -0.4 is 14.4 Å². The normalized spacial score (nSPS) is 16.7. The van der Waals surface area contributed by atoms with Gasteiger partial charge in [0, 0.05) is 32.9 Å². The molecular weight excluding hydrogens is 540 g/mol. The van der Waals surface area contributed by atoms with Crippen LogP contribution in [0.15, 0.2) is 93.6 Å². The van der Waals surface area contributed by atoms with Gasteiger partial charge >= 0.3 is 0 Å². The number of hydrogen-bond acceptors (Lipinski definition) is 7. The van der Waals surface area contributed by atoms with E-state index in [2.05, 4.69) is 21.1 Å². The number of amides is 1. The van der Waals surface area contributed by atoms with Crippen LogP contribution in [0, 0.1) is 0 Å². The van der Waals surface area contributed by atoms with Gasteiger partial charge in [-0.05, 0) is 48.5 Å². The lowest BCUT2D eigenvalue weighted by Crippen LogP contribution is -2.29. The van der Waals surface area contributed by atoms with Crippen LogP contribution in [0.25, 0.3) is 17.0 Å².